The second-order valence-corrected chi connectivity index (χ2v) is 6.88. The van der Waals surface area contributed by atoms with Crippen LogP contribution in [0.5, 0.6) is 0 Å². The van der Waals surface area contributed by atoms with E-state index in [1.54, 1.807) is 16.8 Å². The molecule has 0 radical (unpaired) electrons. The highest BCUT2D eigenvalue weighted by Crippen LogP contribution is 2.33. The summed E-state index contributed by atoms with van der Waals surface area (Å²) in [4.78, 5) is 4.45. The fourth-order valence-electron chi connectivity index (χ4n) is 1.66. The van der Waals surface area contributed by atoms with Gasteiger partial charge in [0.15, 0.2) is 5.82 Å². The maximum Gasteiger partial charge on any atom is 0.156 e. The fourth-order valence-corrected chi connectivity index (χ4v) is 2.81. The minimum Gasteiger partial charge on any atom is -0.214 e. The standard InChI is InChI=1S/C13H13Cl4N3/c1-13(2,3)12-18-10(6-14)20(19-12)11-8(16)4-7(15)5-9(11)17/h4-5H,6H2,1-3H3. The van der Waals surface area contributed by atoms with Crippen molar-refractivity contribution in [1.29, 1.82) is 0 Å². The summed E-state index contributed by atoms with van der Waals surface area (Å²) >= 11 is 24.3. The van der Waals surface area contributed by atoms with Gasteiger partial charge in [-0.1, -0.05) is 55.6 Å². The zero-order chi connectivity index (χ0) is 15.1. The Kier molecular flexibility index (Phi) is 4.55. The van der Waals surface area contributed by atoms with Crippen molar-refractivity contribution in [1.82, 2.24) is 14.8 Å². The summed E-state index contributed by atoms with van der Waals surface area (Å²) in [6.07, 6.45) is 0. The molecule has 2 aromatic rings. The topological polar surface area (TPSA) is 30.7 Å². The van der Waals surface area contributed by atoms with Crippen molar-refractivity contribution in [2.24, 2.45) is 0 Å². The van der Waals surface area contributed by atoms with E-state index >= 15 is 0 Å². The third-order valence-electron chi connectivity index (χ3n) is 2.66. The highest BCUT2D eigenvalue weighted by Gasteiger charge is 2.24. The SMILES string of the molecule is CC(C)(C)c1nc(CCl)n(-c2c(Cl)cc(Cl)cc2Cl)n1. The summed E-state index contributed by atoms with van der Waals surface area (Å²) in [7, 11) is 0. The Balaban J connectivity index is 2.67. The van der Waals surface area contributed by atoms with Gasteiger partial charge in [-0.15, -0.1) is 11.6 Å². The Labute approximate surface area is 137 Å². The largest absolute Gasteiger partial charge is 0.214 e. The van der Waals surface area contributed by atoms with Crippen molar-refractivity contribution in [3.8, 4) is 5.69 Å². The van der Waals surface area contributed by atoms with E-state index in [-0.39, 0.29) is 11.3 Å². The van der Waals surface area contributed by atoms with E-state index < -0.39 is 0 Å². The first kappa shape index (κ1) is 15.9. The van der Waals surface area contributed by atoms with Gasteiger partial charge in [-0.25, -0.2) is 9.67 Å². The Morgan fingerprint density at radius 3 is 2.10 bits per heavy atom. The average Bonchev–Trinajstić information content (AvgIpc) is 2.71. The van der Waals surface area contributed by atoms with E-state index in [1.165, 1.54) is 0 Å². The molecule has 7 heteroatoms. The van der Waals surface area contributed by atoms with Crippen LogP contribution < -0.4 is 0 Å². The zero-order valence-corrected chi connectivity index (χ0v) is 14.2. The van der Waals surface area contributed by atoms with Crippen molar-refractivity contribution >= 4 is 46.4 Å². The van der Waals surface area contributed by atoms with Gasteiger partial charge in [0.2, 0.25) is 0 Å². The molecule has 1 heterocycles. The third-order valence-corrected chi connectivity index (χ3v) is 3.69. The Morgan fingerprint density at radius 2 is 1.65 bits per heavy atom. The molecule has 0 aliphatic carbocycles. The first-order chi connectivity index (χ1) is 9.24. The second kappa shape index (κ2) is 5.72. The average molecular weight is 353 g/mol. The number of rotatable bonds is 2. The number of hydrogen-bond donors (Lipinski definition) is 0. The van der Waals surface area contributed by atoms with Crippen molar-refractivity contribution in [3.05, 3.63) is 38.8 Å². The molecule has 0 amide bonds. The molecule has 0 aliphatic rings. The van der Waals surface area contributed by atoms with E-state index in [9.17, 15) is 0 Å². The lowest BCUT2D eigenvalue weighted by Gasteiger charge is -2.13. The Morgan fingerprint density at radius 1 is 1.10 bits per heavy atom. The lowest BCUT2D eigenvalue weighted by molar-refractivity contribution is 0.543. The maximum atomic E-state index is 6.22. The van der Waals surface area contributed by atoms with Gasteiger partial charge in [-0.2, -0.15) is 5.10 Å². The number of benzene rings is 1. The first-order valence-electron chi connectivity index (χ1n) is 5.91. The molecule has 0 spiro atoms. The molecule has 2 rings (SSSR count). The molecule has 0 unspecified atom stereocenters. The van der Waals surface area contributed by atoms with Crippen LogP contribution in [0, 0.1) is 0 Å². The van der Waals surface area contributed by atoms with Gasteiger partial charge in [0.1, 0.15) is 11.5 Å². The van der Waals surface area contributed by atoms with E-state index in [0.29, 0.717) is 32.4 Å². The van der Waals surface area contributed by atoms with Crippen LogP contribution in [0.15, 0.2) is 12.1 Å². The first-order valence-corrected chi connectivity index (χ1v) is 7.58. The molecule has 0 saturated heterocycles. The van der Waals surface area contributed by atoms with E-state index in [4.69, 9.17) is 46.4 Å². The number of halogens is 4. The highest BCUT2D eigenvalue weighted by molar-refractivity contribution is 6.40. The molecule has 3 nitrogen and oxygen atoms in total. The van der Waals surface area contributed by atoms with Gasteiger partial charge in [0.25, 0.3) is 0 Å². The molecular weight excluding hydrogens is 340 g/mol. The van der Waals surface area contributed by atoms with E-state index in [0.717, 1.165) is 0 Å². The molecule has 0 atom stereocenters. The summed E-state index contributed by atoms with van der Waals surface area (Å²) in [6, 6.07) is 3.22. The molecule has 1 aromatic heterocycles. The minimum atomic E-state index is -0.197. The van der Waals surface area contributed by atoms with Gasteiger partial charge >= 0.3 is 0 Å². The van der Waals surface area contributed by atoms with Gasteiger partial charge in [0.05, 0.1) is 15.9 Å². The Bertz CT molecular complexity index is 621. The second-order valence-electron chi connectivity index (χ2n) is 5.37. The molecule has 108 valence electrons. The number of aromatic nitrogens is 3. The van der Waals surface area contributed by atoms with Crippen molar-refractivity contribution in [2.45, 2.75) is 32.1 Å². The summed E-state index contributed by atoms with van der Waals surface area (Å²) in [5, 5.41) is 5.75. The quantitative estimate of drug-likeness (QED) is 0.690. The van der Waals surface area contributed by atoms with Gasteiger partial charge in [-0.05, 0) is 12.1 Å². The number of hydrogen-bond acceptors (Lipinski definition) is 2. The maximum absolute atomic E-state index is 6.22. The summed E-state index contributed by atoms with van der Waals surface area (Å²) < 4.78 is 1.58. The normalized spacial score (nSPS) is 11.9. The van der Waals surface area contributed by atoms with E-state index in [2.05, 4.69) is 10.1 Å². The molecule has 0 fully saturated rings. The van der Waals surface area contributed by atoms with Crippen LogP contribution >= 0.6 is 46.4 Å². The summed E-state index contributed by atoms with van der Waals surface area (Å²) in [5.41, 5.74) is 0.341. The lowest BCUT2D eigenvalue weighted by Crippen LogP contribution is -2.14. The molecule has 0 aliphatic heterocycles. The van der Waals surface area contributed by atoms with Crippen LogP contribution in [0.3, 0.4) is 0 Å². The van der Waals surface area contributed by atoms with Crippen LogP contribution in [0.2, 0.25) is 15.1 Å². The van der Waals surface area contributed by atoms with E-state index in [1.807, 2.05) is 20.8 Å². The minimum absolute atomic E-state index is 0.197. The van der Waals surface area contributed by atoms with Crippen LogP contribution in [0.1, 0.15) is 32.4 Å². The van der Waals surface area contributed by atoms with Gasteiger partial charge in [-0.3, -0.25) is 0 Å². The number of nitrogens with zero attached hydrogens (tertiary/aromatic N) is 3. The molecule has 1 aromatic carbocycles. The van der Waals surface area contributed by atoms with Crippen molar-refractivity contribution < 1.29 is 0 Å². The monoisotopic (exact) mass is 351 g/mol. The molecule has 0 bridgehead atoms. The van der Waals surface area contributed by atoms with Crippen LogP contribution in [0.25, 0.3) is 5.69 Å². The lowest BCUT2D eigenvalue weighted by atomic mass is 9.96. The predicted octanol–water partition coefficient (Wildman–Crippen LogP) is 5.26. The smallest absolute Gasteiger partial charge is 0.156 e. The summed E-state index contributed by atoms with van der Waals surface area (Å²) in [6.45, 7) is 6.07. The van der Waals surface area contributed by atoms with Crippen LogP contribution in [-0.4, -0.2) is 14.8 Å². The molecule has 20 heavy (non-hydrogen) atoms. The third kappa shape index (κ3) is 3.06. The summed E-state index contributed by atoms with van der Waals surface area (Å²) in [5.74, 6) is 1.47. The molecule has 0 saturated carbocycles. The predicted molar refractivity (Wildman–Crippen MR) is 84.6 cm³/mol. The van der Waals surface area contributed by atoms with Crippen molar-refractivity contribution in [2.75, 3.05) is 0 Å². The van der Waals surface area contributed by atoms with Crippen LogP contribution in [-0.2, 0) is 11.3 Å². The molecule has 0 N–H and O–H groups in total. The van der Waals surface area contributed by atoms with Crippen LogP contribution in [0.4, 0.5) is 0 Å². The van der Waals surface area contributed by atoms with Gasteiger partial charge < -0.3 is 0 Å². The number of alkyl halides is 1. The molecular formula is C13H13Cl4N3. The highest BCUT2D eigenvalue weighted by atomic mass is 35.5. The Hall–Kier alpha value is -0.480. The van der Waals surface area contributed by atoms with Crippen molar-refractivity contribution in [3.63, 3.8) is 0 Å². The zero-order valence-electron chi connectivity index (χ0n) is 11.2. The fraction of sp³-hybridized carbons (Fsp3) is 0.385. The van der Waals surface area contributed by atoms with Gasteiger partial charge in [0, 0.05) is 10.4 Å².